The second-order valence-corrected chi connectivity index (χ2v) is 4.19. The van der Waals surface area contributed by atoms with E-state index in [4.69, 9.17) is 4.42 Å². The number of carbonyl (C=O) groups is 1. The van der Waals surface area contributed by atoms with Crippen LogP contribution in [0.15, 0.2) is 34.9 Å². The van der Waals surface area contributed by atoms with E-state index < -0.39 is 0 Å². The van der Waals surface area contributed by atoms with E-state index in [1.807, 2.05) is 24.3 Å². The first-order chi connectivity index (χ1) is 7.84. The van der Waals surface area contributed by atoms with Gasteiger partial charge in [0, 0.05) is 36.4 Å². The summed E-state index contributed by atoms with van der Waals surface area (Å²) in [5.41, 5.74) is 1.99. The van der Waals surface area contributed by atoms with Gasteiger partial charge in [-0.1, -0.05) is 18.2 Å². The number of nitrogens with one attached hydrogen (secondary N) is 1. The second kappa shape index (κ2) is 3.76. The molecule has 1 fully saturated rings. The number of hydrogen-bond acceptors (Lipinski definition) is 3. The molecule has 1 aliphatic rings. The Morgan fingerprint density at radius 2 is 2.19 bits per heavy atom. The minimum atomic E-state index is 0.116. The van der Waals surface area contributed by atoms with Crippen LogP contribution in [-0.2, 0) is 4.79 Å². The Labute approximate surface area is 93.4 Å². The van der Waals surface area contributed by atoms with Crippen molar-refractivity contribution in [3.63, 3.8) is 0 Å². The molecule has 16 heavy (non-hydrogen) atoms. The predicted octanol–water partition coefficient (Wildman–Crippen LogP) is 2.43. The predicted molar refractivity (Wildman–Crippen MR) is 61.2 cm³/mol. The van der Waals surface area contributed by atoms with Crippen LogP contribution in [0.25, 0.3) is 11.0 Å². The maximum absolute atomic E-state index is 11.4. The highest BCUT2D eigenvalue weighted by Gasteiger charge is 2.23. The number of furan rings is 1. The number of hydrogen-bond donors (Lipinski definition) is 1. The zero-order valence-corrected chi connectivity index (χ0v) is 8.90. The van der Waals surface area contributed by atoms with Gasteiger partial charge in [0.1, 0.15) is 11.4 Å². The van der Waals surface area contributed by atoms with Crippen LogP contribution in [0.4, 0.5) is 0 Å². The molecule has 0 spiro atoms. The van der Waals surface area contributed by atoms with Gasteiger partial charge in [-0.25, -0.2) is 0 Å². The molecule has 82 valence electrons. The summed E-state index contributed by atoms with van der Waals surface area (Å²) in [6.45, 7) is 0.767. The molecule has 2 aromatic rings. The molecule has 1 aromatic heterocycles. The minimum Gasteiger partial charge on any atom is -0.464 e. The highest BCUT2D eigenvalue weighted by molar-refractivity contribution is 5.84. The largest absolute Gasteiger partial charge is 0.464 e. The van der Waals surface area contributed by atoms with Crippen LogP contribution < -0.4 is 5.32 Å². The van der Waals surface area contributed by atoms with Crippen LogP contribution in [-0.4, -0.2) is 12.3 Å². The molecule has 3 nitrogen and oxygen atoms in total. The fourth-order valence-corrected chi connectivity index (χ4v) is 2.28. The number of ketones is 1. The standard InChI is InChI=1S/C13H13NO2/c15-9-5-6-14-12(7-9)11-8-16-13-4-2-1-3-10(11)13/h1-4,8,12,14H,5-7H2. The first-order valence-electron chi connectivity index (χ1n) is 5.56. The van der Waals surface area contributed by atoms with Crippen LogP contribution in [0, 0.1) is 0 Å². The third-order valence-electron chi connectivity index (χ3n) is 3.11. The van der Waals surface area contributed by atoms with Gasteiger partial charge in [0.2, 0.25) is 0 Å². The summed E-state index contributed by atoms with van der Waals surface area (Å²) >= 11 is 0. The van der Waals surface area contributed by atoms with Gasteiger partial charge < -0.3 is 9.73 Å². The molecule has 3 rings (SSSR count). The molecule has 1 aromatic carbocycles. The molecular weight excluding hydrogens is 202 g/mol. The minimum absolute atomic E-state index is 0.116. The quantitative estimate of drug-likeness (QED) is 0.794. The molecule has 0 bridgehead atoms. The molecule has 1 N–H and O–H groups in total. The molecule has 2 heterocycles. The van der Waals surface area contributed by atoms with E-state index in [1.165, 1.54) is 0 Å². The van der Waals surface area contributed by atoms with Gasteiger partial charge in [0.05, 0.1) is 6.26 Å². The summed E-state index contributed by atoms with van der Waals surface area (Å²) < 4.78 is 5.49. The van der Waals surface area contributed by atoms with E-state index >= 15 is 0 Å². The lowest BCUT2D eigenvalue weighted by Gasteiger charge is -2.21. The SMILES string of the molecule is O=C1CCNC(c2coc3ccccc23)C1. The highest BCUT2D eigenvalue weighted by Crippen LogP contribution is 2.29. The van der Waals surface area contributed by atoms with E-state index in [0.29, 0.717) is 18.6 Å². The summed E-state index contributed by atoms with van der Waals surface area (Å²) in [4.78, 5) is 11.4. The molecule has 0 radical (unpaired) electrons. The number of para-hydroxylation sites is 1. The fourth-order valence-electron chi connectivity index (χ4n) is 2.28. The average Bonchev–Trinajstić information content (AvgIpc) is 2.72. The van der Waals surface area contributed by atoms with Crippen molar-refractivity contribution in [1.29, 1.82) is 0 Å². The third kappa shape index (κ3) is 1.53. The molecular formula is C13H13NO2. The number of Topliss-reactive ketones (excluding diaryl/α,β-unsaturated/α-hetero) is 1. The second-order valence-electron chi connectivity index (χ2n) is 4.19. The lowest BCUT2D eigenvalue weighted by Crippen LogP contribution is -2.31. The van der Waals surface area contributed by atoms with Crippen LogP contribution >= 0.6 is 0 Å². The fraction of sp³-hybridized carbons (Fsp3) is 0.308. The van der Waals surface area contributed by atoms with Crippen molar-refractivity contribution in [1.82, 2.24) is 5.32 Å². The van der Waals surface area contributed by atoms with E-state index in [0.717, 1.165) is 23.1 Å². The van der Waals surface area contributed by atoms with E-state index in [-0.39, 0.29) is 6.04 Å². The van der Waals surface area contributed by atoms with E-state index in [9.17, 15) is 4.79 Å². The highest BCUT2D eigenvalue weighted by atomic mass is 16.3. The lowest BCUT2D eigenvalue weighted by molar-refractivity contribution is -0.120. The van der Waals surface area contributed by atoms with Crippen molar-refractivity contribution >= 4 is 16.8 Å². The smallest absolute Gasteiger partial charge is 0.136 e. The third-order valence-corrected chi connectivity index (χ3v) is 3.11. The summed E-state index contributed by atoms with van der Waals surface area (Å²) in [5.74, 6) is 0.328. The number of benzene rings is 1. The topological polar surface area (TPSA) is 42.2 Å². The first kappa shape index (κ1) is 9.60. The average molecular weight is 215 g/mol. The molecule has 0 aliphatic carbocycles. The molecule has 0 amide bonds. The van der Waals surface area contributed by atoms with Crippen molar-refractivity contribution in [2.45, 2.75) is 18.9 Å². The molecule has 0 saturated carbocycles. The van der Waals surface area contributed by atoms with Gasteiger partial charge in [-0.3, -0.25) is 4.79 Å². The molecule has 1 aliphatic heterocycles. The number of piperidine rings is 1. The van der Waals surface area contributed by atoms with Crippen LogP contribution in [0.2, 0.25) is 0 Å². The molecule has 1 saturated heterocycles. The van der Waals surface area contributed by atoms with Gasteiger partial charge in [0.15, 0.2) is 0 Å². The number of fused-ring (bicyclic) bond motifs is 1. The monoisotopic (exact) mass is 215 g/mol. The van der Waals surface area contributed by atoms with E-state index in [1.54, 1.807) is 6.26 Å². The molecule has 1 unspecified atom stereocenters. The Morgan fingerprint density at radius 1 is 1.31 bits per heavy atom. The van der Waals surface area contributed by atoms with Gasteiger partial charge in [-0.2, -0.15) is 0 Å². The van der Waals surface area contributed by atoms with Gasteiger partial charge in [0.25, 0.3) is 0 Å². The summed E-state index contributed by atoms with van der Waals surface area (Å²) in [7, 11) is 0. The molecule has 3 heteroatoms. The van der Waals surface area contributed by atoms with Gasteiger partial charge in [-0.05, 0) is 6.07 Å². The Kier molecular flexibility index (Phi) is 2.26. The summed E-state index contributed by atoms with van der Waals surface area (Å²) in [6.07, 6.45) is 2.98. The Balaban J connectivity index is 2.02. The van der Waals surface area contributed by atoms with Crippen molar-refractivity contribution < 1.29 is 9.21 Å². The summed E-state index contributed by atoms with van der Waals surface area (Å²) in [5, 5.41) is 4.47. The zero-order chi connectivity index (χ0) is 11.0. The first-order valence-corrected chi connectivity index (χ1v) is 5.56. The lowest BCUT2D eigenvalue weighted by atomic mass is 9.96. The van der Waals surface area contributed by atoms with Crippen LogP contribution in [0.5, 0.6) is 0 Å². The normalized spacial score (nSPS) is 21.5. The summed E-state index contributed by atoms with van der Waals surface area (Å²) in [6, 6.07) is 8.05. The van der Waals surface area contributed by atoms with E-state index in [2.05, 4.69) is 5.32 Å². The van der Waals surface area contributed by atoms with Crippen molar-refractivity contribution in [2.75, 3.05) is 6.54 Å². The Morgan fingerprint density at radius 3 is 3.06 bits per heavy atom. The maximum Gasteiger partial charge on any atom is 0.136 e. The van der Waals surface area contributed by atoms with Crippen LogP contribution in [0.3, 0.4) is 0 Å². The van der Waals surface area contributed by atoms with Gasteiger partial charge >= 0.3 is 0 Å². The zero-order valence-electron chi connectivity index (χ0n) is 8.90. The molecule has 1 atom stereocenters. The van der Waals surface area contributed by atoms with Crippen molar-refractivity contribution in [2.24, 2.45) is 0 Å². The van der Waals surface area contributed by atoms with Crippen molar-refractivity contribution in [3.8, 4) is 0 Å². The Hall–Kier alpha value is -1.61. The number of carbonyl (C=O) groups excluding carboxylic acids is 1. The van der Waals surface area contributed by atoms with Crippen LogP contribution in [0.1, 0.15) is 24.4 Å². The van der Waals surface area contributed by atoms with Crippen molar-refractivity contribution in [3.05, 3.63) is 36.1 Å². The maximum atomic E-state index is 11.4. The Bertz CT molecular complexity index is 529. The van der Waals surface area contributed by atoms with Gasteiger partial charge in [-0.15, -0.1) is 0 Å². The number of rotatable bonds is 1.